The number of likely N-dealkylation sites (N-methyl/N-ethyl adjacent to an activating group) is 1. The first kappa shape index (κ1) is 18.5. The Kier molecular flexibility index (Phi) is 4.29. The van der Waals surface area contributed by atoms with Gasteiger partial charge in [-0.1, -0.05) is 18.2 Å². The minimum atomic E-state index is -0.768. The number of amides is 1. The van der Waals surface area contributed by atoms with Gasteiger partial charge in [0, 0.05) is 43.5 Å². The molecule has 0 unspecified atom stereocenters. The quantitative estimate of drug-likeness (QED) is 0.800. The minimum absolute atomic E-state index is 0.112. The van der Waals surface area contributed by atoms with Crippen LogP contribution in [0, 0.1) is 6.92 Å². The van der Waals surface area contributed by atoms with Crippen molar-refractivity contribution < 1.29 is 14.3 Å². The number of carbonyl (C=O) groups excluding carboxylic acids is 1. The number of para-hydroxylation sites is 1. The molecule has 5 rings (SSSR count). The second kappa shape index (κ2) is 6.75. The normalized spacial score (nSPS) is 24.0. The van der Waals surface area contributed by atoms with Crippen LogP contribution in [-0.4, -0.2) is 69.3 Å². The molecule has 0 N–H and O–H groups in total. The van der Waals surface area contributed by atoms with Gasteiger partial charge in [0.1, 0.15) is 23.5 Å². The van der Waals surface area contributed by atoms with E-state index in [-0.39, 0.29) is 5.91 Å². The number of piperazine rings is 1. The molecule has 3 aliphatic rings. The molecule has 0 bridgehead atoms. The highest BCUT2D eigenvalue weighted by Crippen LogP contribution is 2.53. The lowest BCUT2D eigenvalue weighted by Gasteiger charge is -2.35. The van der Waals surface area contributed by atoms with Crippen LogP contribution >= 0.6 is 0 Å². The van der Waals surface area contributed by atoms with E-state index in [4.69, 9.17) is 9.47 Å². The Morgan fingerprint density at radius 1 is 1.10 bits per heavy atom. The molecule has 3 aliphatic heterocycles. The van der Waals surface area contributed by atoms with Gasteiger partial charge in [-0.3, -0.25) is 14.6 Å². The molecule has 1 fully saturated rings. The summed E-state index contributed by atoms with van der Waals surface area (Å²) in [5, 5.41) is 0. The molecule has 6 nitrogen and oxygen atoms in total. The number of hydrogen-bond acceptors (Lipinski definition) is 5. The first-order valence-corrected chi connectivity index (χ1v) is 10.2. The number of hydrogen-bond donors (Lipinski definition) is 0. The molecular formula is C23H27N3O3. The highest BCUT2D eigenvalue weighted by Gasteiger charge is 2.57. The molecule has 0 aromatic heterocycles. The maximum Gasteiger partial charge on any atom is 0.246 e. The van der Waals surface area contributed by atoms with Gasteiger partial charge in [-0.2, -0.15) is 0 Å². The summed E-state index contributed by atoms with van der Waals surface area (Å²) >= 11 is 0. The van der Waals surface area contributed by atoms with Crippen LogP contribution in [0.2, 0.25) is 0 Å². The van der Waals surface area contributed by atoms with Gasteiger partial charge in [-0.15, -0.1) is 0 Å². The molecule has 0 radical (unpaired) electrons. The van der Waals surface area contributed by atoms with E-state index in [9.17, 15) is 4.79 Å². The molecular weight excluding hydrogens is 366 g/mol. The zero-order valence-corrected chi connectivity index (χ0v) is 17.3. The summed E-state index contributed by atoms with van der Waals surface area (Å²) in [5.74, 6) is 1.65. The Hall–Kier alpha value is -2.57. The van der Waals surface area contributed by atoms with Crippen molar-refractivity contribution in [2.24, 2.45) is 0 Å². The van der Waals surface area contributed by atoms with Crippen molar-refractivity contribution in [1.82, 2.24) is 9.80 Å². The summed E-state index contributed by atoms with van der Waals surface area (Å²) in [7, 11) is 3.80. The van der Waals surface area contributed by atoms with Gasteiger partial charge in [0.2, 0.25) is 5.91 Å². The maximum absolute atomic E-state index is 13.9. The van der Waals surface area contributed by atoms with Crippen molar-refractivity contribution in [1.29, 1.82) is 0 Å². The van der Waals surface area contributed by atoms with E-state index in [1.165, 1.54) is 0 Å². The van der Waals surface area contributed by atoms with Crippen molar-refractivity contribution in [2.45, 2.75) is 12.3 Å². The summed E-state index contributed by atoms with van der Waals surface area (Å²) in [5.41, 5.74) is 3.24. The molecule has 1 atom stereocenters. The monoisotopic (exact) mass is 393 g/mol. The lowest BCUT2D eigenvalue weighted by molar-refractivity contribution is -0.122. The van der Waals surface area contributed by atoms with Crippen LogP contribution in [0.1, 0.15) is 16.7 Å². The molecule has 152 valence electrons. The standard InChI is InChI=1S/C23H27N3O3/c1-16-12-18-21(13-20(16)28-3)29-14-23(18)17-6-4-5-7-19(17)26(22(23)27)15-25-10-8-24(2)9-11-25/h4-7,12-13H,8-11,14-15H2,1-3H3/t23-/m1/s1. The predicted molar refractivity (Wildman–Crippen MR) is 112 cm³/mol. The topological polar surface area (TPSA) is 45.3 Å². The van der Waals surface area contributed by atoms with Crippen molar-refractivity contribution in [2.75, 3.05) is 58.5 Å². The number of fused-ring (bicyclic) bond motifs is 4. The lowest BCUT2D eigenvalue weighted by Crippen LogP contribution is -2.51. The molecule has 1 spiro atoms. The number of ether oxygens (including phenoxy) is 2. The van der Waals surface area contributed by atoms with E-state index in [0.29, 0.717) is 13.3 Å². The van der Waals surface area contributed by atoms with E-state index in [0.717, 1.165) is 60.1 Å². The third kappa shape index (κ3) is 2.66. The van der Waals surface area contributed by atoms with Crippen molar-refractivity contribution in [3.63, 3.8) is 0 Å². The average molecular weight is 393 g/mol. The van der Waals surface area contributed by atoms with Crippen LogP contribution in [-0.2, 0) is 10.2 Å². The third-order valence-electron chi connectivity index (χ3n) is 6.60. The van der Waals surface area contributed by atoms with E-state index in [1.807, 2.05) is 30.0 Å². The van der Waals surface area contributed by atoms with Gasteiger partial charge in [0.15, 0.2) is 0 Å². The van der Waals surface area contributed by atoms with Gasteiger partial charge < -0.3 is 14.4 Å². The molecule has 3 heterocycles. The Labute approximate surface area is 171 Å². The molecule has 0 saturated carbocycles. The van der Waals surface area contributed by atoms with E-state index < -0.39 is 5.41 Å². The van der Waals surface area contributed by atoms with Crippen LogP contribution in [0.25, 0.3) is 0 Å². The second-order valence-electron chi connectivity index (χ2n) is 8.33. The van der Waals surface area contributed by atoms with Gasteiger partial charge >= 0.3 is 0 Å². The first-order valence-electron chi connectivity index (χ1n) is 10.2. The Morgan fingerprint density at radius 3 is 2.62 bits per heavy atom. The number of anilines is 1. The minimum Gasteiger partial charge on any atom is -0.496 e. The fourth-order valence-electron chi connectivity index (χ4n) is 4.86. The summed E-state index contributed by atoms with van der Waals surface area (Å²) in [6, 6.07) is 12.1. The van der Waals surface area contributed by atoms with Crippen molar-refractivity contribution in [3.8, 4) is 11.5 Å². The third-order valence-corrected chi connectivity index (χ3v) is 6.60. The van der Waals surface area contributed by atoms with Gasteiger partial charge in [-0.25, -0.2) is 0 Å². The van der Waals surface area contributed by atoms with Gasteiger partial charge in [0.05, 0.1) is 13.8 Å². The maximum atomic E-state index is 13.9. The Morgan fingerprint density at radius 2 is 1.86 bits per heavy atom. The SMILES string of the molecule is COc1cc2c(cc1C)[C@]1(CO2)C(=O)N(CN2CCN(C)CC2)c2ccccc21. The summed E-state index contributed by atoms with van der Waals surface area (Å²) in [6.45, 7) is 6.97. The summed E-state index contributed by atoms with van der Waals surface area (Å²) < 4.78 is 11.5. The van der Waals surface area contributed by atoms with Crippen molar-refractivity contribution in [3.05, 3.63) is 53.1 Å². The summed E-state index contributed by atoms with van der Waals surface area (Å²) in [4.78, 5) is 20.6. The highest BCUT2D eigenvalue weighted by molar-refractivity contribution is 6.11. The van der Waals surface area contributed by atoms with Crippen LogP contribution in [0.4, 0.5) is 5.69 Å². The van der Waals surface area contributed by atoms with E-state index >= 15 is 0 Å². The molecule has 29 heavy (non-hydrogen) atoms. The zero-order valence-electron chi connectivity index (χ0n) is 17.3. The molecule has 2 aromatic carbocycles. The van der Waals surface area contributed by atoms with Crippen molar-refractivity contribution >= 4 is 11.6 Å². The predicted octanol–water partition coefficient (Wildman–Crippen LogP) is 2.23. The number of methoxy groups -OCH3 is 1. The molecule has 1 amide bonds. The fraction of sp³-hybridized carbons (Fsp3) is 0.435. The Balaban J connectivity index is 1.56. The van der Waals surface area contributed by atoms with Crippen LogP contribution in [0.15, 0.2) is 36.4 Å². The Bertz CT molecular complexity index is 968. The average Bonchev–Trinajstić information content (AvgIpc) is 3.21. The highest BCUT2D eigenvalue weighted by atomic mass is 16.5. The van der Waals surface area contributed by atoms with Crippen LogP contribution in [0.3, 0.4) is 0 Å². The number of aryl methyl sites for hydroxylation is 1. The number of rotatable bonds is 3. The van der Waals surface area contributed by atoms with Gasteiger partial charge in [-0.05, 0) is 37.2 Å². The fourth-order valence-corrected chi connectivity index (χ4v) is 4.86. The largest absolute Gasteiger partial charge is 0.496 e. The van der Waals surface area contributed by atoms with Gasteiger partial charge in [0.25, 0.3) is 0 Å². The van der Waals surface area contributed by atoms with Crippen LogP contribution in [0.5, 0.6) is 11.5 Å². The van der Waals surface area contributed by atoms with E-state index in [1.54, 1.807) is 7.11 Å². The van der Waals surface area contributed by atoms with Crippen LogP contribution < -0.4 is 14.4 Å². The number of carbonyl (C=O) groups is 1. The molecule has 2 aromatic rings. The lowest BCUT2D eigenvalue weighted by atomic mass is 9.76. The molecule has 0 aliphatic carbocycles. The molecule has 1 saturated heterocycles. The summed E-state index contributed by atoms with van der Waals surface area (Å²) in [6.07, 6.45) is 0. The number of nitrogens with zero attached hydrogens (tertiary/aromatic N) is 3. The molecule has 6 heteroatoms. The van der Waals surface area contributed by atoms with E-state index in [2.05, 4.69) is 35.0 Å². The second-order valence-corrected chi connectivity index (χ2v) is 8.33. The number of benzene rings is 2. The smallest absolute Gasteiger partial charge is 0.246 e. The first-order chi connectivity index (χ1) is 14.0. The zero-order chi connectivity index (χ0) is 20.2.